The summed E-state index contributed by atoms with van der Waals surface area (Å²) in [5.74, 6) is 0.317. The van der Waals surface area contributed by atoms with Crippen LogP contribution in [0.2, 0.25) is 0 Å². The number of thiophene rings is 1. The maximum Gasteiger partial charge on any atom is 0.251 e. The monoisotopic (exact) mass is 401 g/mol. The Labute approximate surface area is 162 Å². The van der Waals surface area contributed by atoms with Crippen LogP contribution in [0, 0.1) is 0 Å². The molecule has 0 saturated heterocycles. The molecule has 0 aliphatic rings. The van der Waals surface area contributed by atoms with E-state index in [1.807, 2.05) is 5.38 Å². The van der Waals surface area contributed by atoms with Gasteiger partial charge in [-0.1, -0.05) is 24.3 Å². The lowest BCUT2D eigenvalue weighted by molar-refractivity contribution is 0.0953. The molecule has 1 aromatic heterocycles. The van der Waals surface area contributed by atoms with Crippen molar-refractivity contribution < 1.29 is 17.9 Å². The SMILES string of the molecule is COc1ccc(C(=O)NC[C@@H](c2cccs2)S(=O)(=O)c2ccccc2)cc1. The van der Waals surface area contributed by atoms with E-state index >= 15 is 0 Å². The van der Waals surface area contributed by atoms with Crippen LogP contribution >= 0.6 is 11.3 Å². The van der Waals surface area contributed by atoms with E-state index in [4.69, 9.17) is 4.74 Å². The van der Waals surface area contributed by atoms with E-state index in [1.165, 1.54) is 11.3 Å². The number of ether oxygens (including phenoxy) is 1. The smallest absolute Gasteiger partial charge is 0.251 e. The van der Waals surface area contributed by atoms with Gasteiger partial charge in [0, 0.05) is 17.0 Å². The predicted octanol–water partition coefficient (Wildman–Crippen LogP) is 3.70. The number of hydrogen-bond donors (Lipinski definition) is 1. The molecule has 27 heavy (non-hydrogen) atoms. The Morgan fingerprint density at radius 1 is 1.04 bits per heavy atom. The van der Waals surface area contributed by atoms with Crippen LogP contribution in [-0.2, 0) is 9.84 Å². The van der Waals surface area contributed by atoms with Gasteiger partial charge in [-0.05, 0) is 47.8 Å². The standard InChI is InChI=1S/C20H19NO4S2/c1-25-16-11-9-15(10-12-16)20(22)21-14-19(18-8-5-13-26-18)27(23,24)17-6-3-2-4-7-17/h2-13,19H,14H2,1H3,(H,21,22)/t19-/m0/s1. The molecule has 0 aliphatic heterocycles. The molecule has 0 aliphatic carbocycles. The zero-order chi connectivity index (χ0) is 19.3. The second-order valence-corrected chi connectivity index (χ2v) is 8.91. The highest BCUT2D eigenvalue weighted by atomic mass is 32.2. The Hall–Kier alpha value is -2.64. The average Bonchev–Trinajstić information content (AvgIpc) is 3.23. The summed E-state index contributed by atoms with van der Waals surface area (Å²) in [5, 5.41) is 3.73. The molecule has 1 N–H and O–H groups in total. The Kier molecular flexibility index (Phi) is 5.93. The van der Waals surface area contributed by atoms with Crippen LogP contribution in [0.25, 0.3) is 0 Å². The Morgan fingerprint density at radius 2 is 1.74 bits per heavy atom. The number of rotatable bonds is 7. The molecule has 3 aromatic rings. The fraction of sp³-hybridized carbons (Fsp3) is 0.150. The fourth-order valence-electron chi connectivity index (χ4n) is 2.64. The summed E-state index contributed by atoms with van der Waals surface area (Å²) in [5.41, 5.74) is 0.442. The van der Waals surface area contributed by atoms with Crippen molar-refractivity contribution in [2.45, 2.75) is 10.1 Å². The number of carbonyl (C=O) groups is 1. The molecule has 1 heterocycles. The minimum absolute atomic E-state index is 0.0113. The van der Waals surface area contributed by atoms with E-state index in [-0.39, 0.29) is 17.3 Å². The summed E-state index contributed by atoms with van der Waals surface area (Å²) in [6.45, 7) is -0.0113. The second-order valence-electron chi connectivity index (χ2n) is 5.80. The molecule has 0 bridgehead atoms. The number of carbonyl (C=O) groups excluding carboxylic acids is 1. The normalized spacial score (nSPS) is 12.3. The summed E-state index contributed by atoms with van der Waals surface area (Å²) in [6.07, 6.45) is 0. The maximum absolute atomic E-state index is 13.1. The lowest BCUT2D eigenvalue weighted by Crippen LogP contribution is -2.31. The van der Waals surface area contributed by atoms with Gasteiger partial charge in [0.15, 0.2) is 9.84 Å². The van der Waals surface area contributed by atoms with Gasteiger partial charge in [0.25, 0.3) is 5.91 Å². The number of sulfone groups is 1. The summed E-state index contributed by atoms with van der Waals surface area (Å²) in [6, 6.07) is 18.5. The molecule has 5 nitrogen and oxygen atoms in total. The Morgan fingerprint density at radius 3 is 2.33 bits per heavy atom. The first-order valence-electron chi connectivity index (χ1n) is 8.27. The van der Waals surface area contributed by atoms with E-state index in [2.05, 4.69) is 5.32 Å². The molecule has 0 fully saturated rings. The van der Waals surface area contributed by atoms with E-state index in [0.717, 1.165) is 0 Å². The third kappa shape index (κ3) is 4.37. The third-order valence-electron chi connectivity index (χ3n) is 4.11. The molecular weight excluding hydrogens is 382 g/mol. The molecule has 0 spiro atoms. The molecule has 3 rings (SSSR count). The number of amides is 1. The fourth-order valence-corrected chi connectivity index (χ4v) is 5.45. The van der Waals surface area contributed by atoms with Crippen LogP contribution in [-0.4, -0.2) is 28.0 Å². The topological polar surface area (TPSA) is 72.5 Å². The number of hydrogen-bond acceptors (Lipinski definition) is 5. The highest BCUT2D eigenvalue weighted by molar-refractivity contribution is 7.91. The van der Waals surface area contributed by atoms with Crippen molar-refractivity contribution in [3.63, 3.8) is 0 Å². The first kappa shape index (κ1) is 19.1. The maximum atomic E-state index is 13.1. The van der Waals surface area contributed by atoms with Crippen LogP contribution in [0.4, 0.5) is 0 Å². The number of benzene rings is 2. The molecule has 0 saturated carbocycles. The first-order valence-corrected chi connectivity index (χ1v) is 10.7. The quantitative estimate of drug-likeness (QED) is 0.655. The van der Waals surface area contributed by atoms with Crippen molar-refractivity contribution in [1.29, 1.82) is 0 Å². The zero-order valence-corrected chi connectivity index (χ0v) is 16.3. The van der Waals surface area contributed by atoms with Gasteiger partial charge in [-0.25, -0.2) is 8.42 Å². The lowest BCUT2D eigenvalue weighted by atomic mass is 10.2. The van der Waals surface area contributed by atoms with Gasteiger partial charge in [-0.2, -0.15) is 0 Å². The van der Waals surface area contributed by atoms with Crippen LogP contribution in [0.15, 0.2) is 77.0 Å². The van der Waals surface area contributed by atoms with Gasteiger partial charge in [0.2, 0.25) is 0 Å². The van der Waals surface area contributed by atoms with Crippen LogP contribution in [0.3, 0.4) is 0 Å². The van der Waals surface area contributed by atoms with Crippen LogP contribution in [0.5, 0.6) is 5.75 Å². The second kappa shape index (κ2) is 8.37. The molecule has 0 radical (unpaired) electrons. The van der Waals surface area contributed by atoms with Crippen LogP contribution in [0.1, 0.15) is 20.5 Å². The lowest BCUT2D eigenvalue weighted by Gasteiger charge is -2.17. The summed E-state index contributed by atoms with van der Waals surface area (Å²) in [4.78, 5) is 13.4. The number of nitrogens with one attached hydrogen (secondary N) is 1. The molecule has 1 amide bonds. The highest BCUT2D eigenvalue weighted by Crippen LogP contribution is 2.31. The van der Waals surface area contributed by atoms with Gasteiger partial charge < -0.3 is 10.1 Å². The largest absolute Gasteiger partial charge is 0.497 e. The summed E-state index contributed by atoms with van der Waals surface area (Å²) in [7, 11) is -2.09. The summed E-state index contributed by atoms with van der Waals surface area (Å²) < 4.78 is 31.3. The van der Waals surface area contributed by atoms with Gasteiger partial charge in [-0.15, -0.1) is 11.3 Å². The highest BCUT2D eigenvalue weighted by Gasteiger charge is 2.30. The minimum Gasteiger partial charge on any atom is -0.497 e. The molecule has 7 heteroatoms. The number of methoxy groups -OCH3 is 1. The average molecular weight is 402 g/mol. The van der Waals surface area contributed by atoms with Gasteiger partial charge >= 0.3 is 0 Å². The Bertz CT molecular complexity index is 982. The first-order chi connectivity index (χ1) is 13.0. The third-order valence-corrected chi connectivity index (χ3v) is 7.34. The molecule has 0 unspecified atom stereocenters. The van der Waals surface area contributed by atoms with Crippen molar-refractivity contribution in [1.82, 2.24) is 5.32 Å². The van der Waals surface area contributed by atoms with E-state index < -0.39 is 15.1 Å². The van der Waals surface area contributed by atoms with Crippen molar-refractivity contribution >= 4 is 27.1 Å². The van der Waals surface area contributed by atoms with Crippen molar-refractivity contribution in [3.05, 3.63) is 82.6 Å². The van der Waals surface area contributed by atoms with Crippen LogP contribution < -0.4 is 10.1 Å². The molecular formula is C20H19NO4S2. The minimum atomic E-state index is -3.64. The summed E-state index contributed by atoms with van der Waals surface area (Å²) >= 11 is 1.36. The Balaban J connectivity index is 1.82. The van der Waals surface area contributed by atoms with E-state index in [1.54, 1.807) is 73.8 Å². The van der Waals surface area contributed by atoms with Crippen molar-refractivity contribution in [2.75, 3.05) is 13.7 Å². The molecule has 1 atom stereocenters. The van der Waals surface area contributed by atoms with Gasteiger partial charge in [-0.3, -0.25) is 4.79 Å². The predicted molar refractivity (Wildman–Crippen MR) is 106 cm³/mol. The molecule has 140 valence electrons. The van der Waals surface area contributed by atoms with Gasteiger partial charge in [0.1, 0.15) is 11.0 Å². The van der Waals surface area contributed by atoms with Gasteiger partial charge in [0.05, 0.1) is 12.0 Å². The van der Waals surface area contributed by atoms with Crippen molar-refractivity contribution in [2.24, 2.45) is 0 Å². The van der Waals surface area contributed by atoms with Crippen molar-refractivity contribution in [3.8, 4) is 5.75 Å². The molecule has 2 aromatic carbocycles. The zero-order valence-electron chi connectivity index (χ0n) is 14.7. The van der Waals surface area contributed by atoms with E-state index in [9.17, 15) is 13.2 Å². The van der Waals surface area contributed by atoms with E-state index in [0.29, 0.717) is 16.2 Å².